The largest absolute Gasteiger partial charge is 0.416 e. The summed E-state index contributed by atoms with van der Waals surface area (Å²) in [4.78, 5) is 6.91. The van der Waals surface area contributed by atoms with Crippen LogP contribution in [-0.4, -0.2) is 49.3 Å². The lowest BCUT2D eigenvalue weighted by Gasteiger charge is -2.26. The summed E-state index contributed by atoms with van der Waals surface area (Å²) in [5.74, 6) is 0. The number of benzene rings is 1. The number of rotatable bonds is 7. The highest BCUT2D eigenvalue weighted by atomic mass is 32.1. The van der Waals surface area contributed by atoms with E-state index in [1.807, 2.05) is 5.38 Å². The Hall–Kier alpha value is -1.48. The van der Waals surface area contributed by atoms with E-state index in [1.165, 1.54) is 23.5 Å². The van der Waals surface area contributed by atoms with Gasteiger partial charge in [-0.1, -0.05) is 12.1 Å². The van der Waals surface area contributed by atoms with Crippen molar-refractivity contribution < 1.29 is 17.9 Å². The Bertz CT molecular complexity index is 682. The van der Waals surface area contributed by atoms with Crippen molar-refractivity contribution >= 4 is 11.3 Å². The SMILES string of the molecule is FC(F)(F)c1ccc(-c2nc(CNCCCN3CCOCC3)cs2)cc1. The van der Waals surface area contributed by atoms with Crippen LogP contribution >= 0.6 is 11.3 Å². The van der Waals surface area contributed by atoms with Gasteiger partial charge in [0.15, 0.2) is 0 Å². The summed E-state index contributed by atoms with van der Waals surface area (Å²) in [7, 11) is 0. The Labute approximate surface area is 155 Å². The summed E-state index contributed by atoms with van der Waals surface area (Å²) < 4.78 is 43.2. The highest BCUT2D eigenvalue weighted by Gasteiger charge is 2.30. The Kier molecular flexibility index (Phi) is 6.63. The second-order valence-corrected chi connectivity index (χ2v) is 7.06. The first kappa shape index (κ1) is 19.3. The fourth-order valence-electron chi connectivity index (χ4n) is 2.79. The molecule has 1 aromatic carbocycles. The zero-order chi connectivity index (χ0) is 18.4. The van der Waals surface area contributed by atoms with Crippen LogP contribution in [0, 0.1) is 0 Å². The lowest BCUT2D eigenvalue weighted by atomic mass is 10.1. The number of aromatic nitrogens is 1. The summed E-state index contributed by atoms with van der Waals surface area (Å²) in [6, 6.07) is 5.14. The molecule has 2 heterocycles. The van der Waals surface area contributed by atoms with E-state index in [0.717, 1.165) is 68.6 Å². The van der Waals surface area contributed by atoms with Crippen molar-refractivity contribution in [2.45, 2.75) is 19.1 Å². The number of nitrogens with one attached hydrogen (secondary N) is 1. The maximum atomic E-state index is 12.6. The molecule has 1 aliphatic rings. The molecule has 0 bridgehead atoms. The second-order valence-electron chi connectivity index (χ2n) is 6.20. The van der Waals surface area contributed by atoms with E-state index >= 15 is 0 Å². The molecular formula is C18H22F3N3OS. The molecule has 0 saturated carbocycles. The normalized spacial score (nSPS) is 16.1. The van der Waals surface area contributed by atoms with Gasteiger partial charge in [-0.25, -0.2) is 4.98 Å². The predicted molar refractivity (Wildman–Crippen MR) is 96.1 cm³/mol. The molecule has 2 aromatic rings. The number of alkyl halides is 3. The van der Waals surface area contributed by atoms with E-state index in [2.05, 4.69) is 15.2 Å². The predicted octanol–water partition coefficient (Wildman–Crippen LogP) is 3.64. The zero-order valence-corrected chi connectivity index (χ0v) is 15.2. The number of nitrogens with zero attached hydrogens (tertiary/aromatic N) is 2. The fourth-order valence-corrected chi connectivity index (χ4v) is 3.62. The number of hydrogen-bond acceptors (Lipinski definition) is 5. The van der Waals surface area contributed by atoms with Gasteiger partial charge in [-0.15, -0.1) is 11.3 Å². The first-order valence-electron chi connectivity index (χ1n) is 8.65. The lowest BCUT2D eigenvalue weighted by Crippen LogP contribution is -2.37. The molecule has 8 heteroatoms. The van der Waals surface area contributed by atoms with Gasteiger partial charge in [-0.2, -0.15) is 13.2 Å². The van der Waals surface area contributed by atoms with Crippen molar-refractivity contribution in [3.05, 3.63) is 40.9 Å². The maximum absolute atomic E-state index is 12.6. The molecule has 142 valence electrons. The third kappa shape index (κ3) is 5.51. The van der Waals surface area contributed by atoms with E-state index in [0.29, 0.717) is 12.1 Å². The average Bonchev–Trinajstić information content (AvgIpc) is 3.11. The standard InChI is InChI=1S/C18H22F3N3OS/c19-18(20,21)15-4-2-14(3-5-15)17-23-16(13-26-17)12-22-6-1-7-24-8-10-25-11-9-24/h2-5,13,22H,1,6-12H2. The zero-order valence-electron chi connectivity index (χ0n) is 14.4. The van der Waals surface area contributed by atoms with E-state index in [1.54, 1.807) is 0 Å². The van der Waals surface area contributed by atoms with E-state index in [-0.39, 0.29) is 0 Å². The van der Waals surface area contributed by atoms with Crippen LogP contribution in [0.4, 0.5) is 13.2 Å². The van der Waals surface area contributed by atoms with Gasteiger partial charge in [0.05, 0.1) is 24.5 Å². The first-order chi connectivity index (χ1) is 12.5. The molecule has 0 amide bonds. The van der Waals surface area contributed by atoms with Gasteiger partial charge in [-0.05, 0) is 31.6 Å². The molecule has 1 fully saturated rings. The van der Waals surface area contributed by atoms with Crippen LogP contribution in [0.1, 0.15) is 17.7 Å². The molecule has 0 spiro atoms. The van der Waals surface area contributed by atoms with Gasteiger partial charge in [0.25, 0.3) is 0 Å². The fraction of sp³-hybridized carbons (Fsp3) is 0.500. The smallest absolute Gasteiger partial charge is 0.379 e. The molecule has 1 aliphatic heterocycles. The van der Waals surface area contributed by atoms with Crippen LogP contribution in [0.15, 0.2) is 29.6 Å². The first-order valence-corrected chi connectivity index (χ1v) is 9.53. The average molecular weight is 385 g/mol. The van der Waals surface area contributed by atoms with Crippen molar-refractivity contribution in [1.29, 1.82) is 0 Å². The number of thiazole rings is 1. The minimum absolute atomic E-state index is 0.639. The number of morpholine rings is 1. The molecule has 0 atom stereocenters. The summed E-state index contributed by atoms with van der Waals surface area (Å²) in [6.07, 6.45) is -3.24. The van der Waals surface area contributed by atoms with Gasteiger partial charge < -0.3 is 10.1 Å². The van der Waals surface area contributed by atoms with Crippen LogP contribution in [-0.2, 0) is 17.5 Å². The Balaban J connectivity index is 1.43. The number of hydrogen-bond donors (Lipinski definition) is 1. The van der Waals surface area contributed by atoms with Crippen molar-refractivity contribution in [2.75, 3.05) is 39.4 Å². The molecule has 1 N–H and O–H groups in total. The minimum atomic E-state index is -4.31. The van der Waals surface area contributed by atoms with Crippen LogP contribution in [0.2, 0.25) is 0 Å². The molecule has 0 aliphatic carbocycles. The molecule has 3 rings (SSSR count). The molecule has 1 aromatic heterocycles. The molecule has 4 nitrogen and oxygen atoms in total. The topological polar surface area (TPSA) is 37.4 Å². The lowest BCUT2D eigenvalue weighted by molar-refractivity contribution is -0.137. The van der Waals surface area contributed by atoms with Crippen molar-refractivity contribution in [3.8, 4) is 10.6 Å². The summed E-state index contributed by atoms with van der Waals surface area (Å²) in [6.45, 7) is 6.28. The van der Waals surface area contributed by atoms with E-state index in [9.17, 15) is 13.2 Å². The van der Waals surface area contributed by atoms with Gasteiger partial charge in [-0.3, -0.25) is 4.90 Å². The van der Waals surface area contributed by atoms with Crippen LogP contribution in [0.3, 0.4) is 0 Å². The Morgan fingerprint density at radius 3 is 2.58 bits per heavy atom. The Morgan fingerprint density at radius 2 is 1.88 bits per heavy atom. The van der Waals surface area contributed by atoms with Crippen LogP contribution in [0.5, 0.6) is 0 Å². The molecule has 26 heavy (non-hydrogen) atoms. The Morgan fingerprint density at radius 1 is 1.15 bits per heavy atom. The summed E-state index contributed by atoms with van der Waals surface area (Å²) >= 11 is 1.45. The highest BCUT2D eigenvalue weighted by molar-refractivity contribution is 7.13. The van der Waals surface area contributed by atoms with Crippen LogP contribution in [0.25, 0.3) is 10.6 Å². The van der Waals surface area contributed by atoms with Gasteiger partial charge in [0.2, 0.25) is 0 Å². The summed E-state index contributed by atoms with van der Waals surface area (Å²) in [5.41, 5.74) is 0.984. The minimum Gasteiger partial charge on any atom is -0.379 e. The van der Waals surface area contributed by atoms with Crippen molar-refractivity contribution in [3.63, 3.8) is 0 Å². The molecule has 0 unspecified atom stereocenters. The van der Waals surface area contributed by atoms with E-state index < -0.39 is 11.7 Å². The van der Waals surface area contributed by atoms with Gasteiger partial charge in [0, 0.05) is 30.6 Å². The highest BCUT2D eigenvalue weighted by Crippen LogP contribution is 2.31. The van der Waals surface area contributed by atoms with E-state index in [4.69, 9.17) is 4.74 Å². The molecular weight excluding hydrogens is 363 g/mol. The monoisotopic (exact) mass is 385 g/mol. The van der Waals surface area contributed by atoms with Crippen molar-refractivity contribution in [2.24, 2.45) is 0 Å². The second kappa shape index (κ2) is 8.94. The molecule has 1 saturated heterocycles. The van der Waals surface area contributed by atoms with Gasteiger partial charge >= 0.3 is 6.18 Å². The number of halogens is 3. The van der Waals surface area contributed by atoms with Gasteiger partial charge in [0.1, 0.15) is 5.01 Å². The quantitative estimate of drug-likeness (QED) is 0.739. The summed E-state index contributed by atoms with van der Waals surface area (Å²) in [5, 5.41) is 6.06. The maximum Gasteiger partial charge on any atom is 0.416 e. The third-order valence-corrected chi connectivity index (χ3v) is 5.19. The number of ether oxygens (including phenoxy) is 1. The van der Waals surface area contributed by atoms with Crippen molar-refractivity contribution in [1.82, 2.24) is 15.2 Å². The third-order valence-electron chi connectivity index (χ3n) is 4.25. The van der Waals surface area contributed by atoms with Crippen LogP contribution < -0.4 is 5.32 Å². The molecule has 0 radical (unpaired) electrons.